The highest BCUT2D eigenvalue weighted by atomic mass is 16.5. The Labute approximate surface area is 192 Å². The van der Waals surface area contributed by atoms with Crippen LogP contribution in [0.25, 0.3) is 0 Å². The molecule has 33 heavy (non-hydrogen) atoms. The number of aromatic hydroxyl groups is 1. The van der Waals surface area contributed by atoms with Crippen molar-refractivity contribution in [1.82, 2.24) is 0 Å². The van der Waals surface area contributed by atoms with Crippen LogP contribution < -0.4 is 14.2 Å². The molecule has 0 atom stereocenters. The standard InChI is InChI=1S/C26H26O7/c1-3-18-15-23(17(2)27)24(28)16-25(18)32-14-4-13-31-20-9-11-22(12-10-20)33-21-7-5-19(6-8-21)26(29)30/h5-12,15-16,28H,3-4,13-14H2,1-2H3,(H,29,30). The Bertz CT molecular complexity index is 1100. The zero-order valence-corrected chi connectivity index (χ0v) is 18.5. The molecule has 172 valence electrons. The highest BCUT2D eigenvalue weighted by Crippen LogP contribution is 2.29. The first-order chi connectivity index (χ1) is 15.9. The summed E-state index contributed by atoms with van der Waals surface area (Å²) < 4.78 is 17.2. The van der Waals surface area contributed by atoms with Crippen molar-refractivity contribution in [3.63, 3.8) is 0 Å². The summed E-state index contributed by atoms with van der Waals surface area (Å²) in [6.45, 7) is 4.23. The van der Waals surface area contributed by atoms with Gasteiger partial charge in [0, 0.05) is 12.5 Å². The van der Waals surface area contributed by atoms with Crippen molar-refractivity contribution in [3.8, 4) is 28.7 Å². The van der Waals surface area contributed by atoms with Crippen molar-refractivity contribution < 1.29 is 34.0 Å². The van der Waals surface area contributed by atoms with Crippen LogP contribution in [-0.2, 0) is 6.42 Å². The fraction of sp³-hybridized carbons (Fsp3) is 0.231. The molecule has 0 heterocycles. The average Bonchev–Trinajstić information content (AvgIpc) is 2.80. The maximum atomic E-state index is 11.6. The summed E-state index contributed by atoms with van der Waals surface area (Å²) in [7, 11) is 0. The number of carbonyl (C=O) groups excluding carboxylic acids is 1. The molecule has 7 nitrogen and oxygen atoms in total. The molecular formula is C26H26O7. The molecule has 3 aromatic carbocycles. The van der Waals surface area contributed by atoms with Crippen LogP contribution in [0, 0.1) is 0 Å². The maximum absolute atomic E-state index is 11.6. The molecule has 0 saturated carbocycles. The van der Waals surface area contributed by atoms with Crippen LogP contribution in [0.1, 0.15) is 46.5 Å². The quantitative estimate of drug-likeness (QED) is 0.294. The Balaban J connectivity index is 1.45. The zero-order chi connectivity index (χ0) is 23.8. The summed E-state index contributed by atoms with van der Waals surface area (Å²) in [4.78, 5) is 22.5. The monoisotopic (exact) mass is 450 g/mol. The van der Waals surface area contributed by atoms with Crippen molar-refractivity contribution in [2.75, 3.05) is 13.2 Å². The Morgan fingerprint density at radius 2 is 1.42 bits per heavy atom. The lowest BCUT2D eigenvalue weighted by Crippen LogP contribution is -2.07. The number of hydrogen-bond acceptors (Lipinski definition) is 6. The highest BCUT2D eigenvalue weighted by molar-refractivity contribution is 5.97. The second-order valence-corrected chi connectivity index (χ2v) is 7.34. The average molecular weight is 450 g/mol. The van der Waals surface area contributed by atoms with E-state index in [1.807, 2.05) is 6.92 Å². The third-order valence-corrected chi connectivity index (χ3v) is 4.91. The van der Waals surface area contributed by atoms with E-state index in [0.29, 0.717) is 54.6 Å². The van der Waals surface area contributed by atoms with Gasteiger partial charge in [-0.3, -0.25) is 4.79 Å². The van der Waals surface area contributed by atoms with Crippen molar-refractivity contribution in [1.29, 1.82) is 0 Å². The van der Waals surface area contributed by atoms with Crippen LogP contribution in [0.4, 0.5) is 0 Å². The largest absolute Gasteiger partial charge is 0.507 e. The number of benzene rings is 3. The molecule has 0 aliphatic carbocycles. The number of phenolic OH excluding ortho intramolecular Hbond substituents is 1. The van der Waals surface area contributed by atoms with E-state index in [-0.39, 0.29) is 17.1 Å². The highest BCUT2D eigenvalue weighted by Gasteiger charge is 2.12. The van der Waals surface area contributed by atoms with Crippen LogP contribution in [0.2, 0.25) is 0 Å². The Hall–Kier alpha value is -4.00. The molecule has 0 amide bonds. The lowest BCUT2D eigenvalue weighted by atomic mass is 10.0. The number of hydrogen-bond donors (Lipinski definition) is 2. The topological polar surface area (TPSA) is 102 Å². The molecule has 2 N–H and O–H groups in total. The number of carbonyl (C=O) groups is 2. The third kappa shape index (κ3) is 6.49. The molecule has 3 rings (SSSR count). The summed E-state index contributed by atoms with van der Waals surface area (Å²) in [5.41, 5.74) is 1.37. The number of Topliss-reactive ketones (excluding diaryl/α,β-unsaturated/α-hetero) is 1. The number of carboxylic acids is 1. The van der Waals surface area contributed by atoms with Crippen LogP contribution in [0.5, 0.6) is 28.7 Å². The van der Waals surface area contributed by atoms with Crippen LogP contribution in [0.3, 0.4) is 0 Å². The van der Waals surface area contributed by atoms with Crippen LogP contribution >= 0.6 is 0 Å². The molecule has 0 aliphatic rings. The van der Waals surface area contributed by atoms with Crippen molar-refractivity contribution in [2.24, 2.45) is 0 Å². The van der Waals surface area contributed by atoms with Gasteiger partial charge in [-0.25, -0.2) is 4.79 Å². The Kier molecular flexibility index (Phi) is 7.91. The molecule has 0 unspecified atom stereocenters. The number of ketones is 1. The Morgan fingerprint density at radius 1 is 0.848 bits per heavy atom. The van der Waals surface area contributed by atoms with E-state index in [1.165, 1.54) is 25.1 Å². The van der Waals surface area contributed by atoms with E-state index < -0.39 is 5.97 Å². The minimum Gasteiger partial charge on any atom is -0.507 e. The number of carboxylic acid groups (broad SMARTS) is 1. The molecule has 0 aliphatic heterocycles. The number of ether oxygens (including phenoxy) is 3. The normalized spacial score (nSPS) is 10.5. The summed E-state index contributed by atoms with van der Waals surface area (Å²) in [6, 6.07) is 16.5. The van der Waals surface area contributed by atoms with Gasteiger partial charge in [0.25, 0.3) is 0 Å². The van der Waals surface area contributed by atoms with Gasteiger partial charge in [-0.1, -0.05) is 6.92 Å². The lowest BCUT2D eigenvalue weighted by Gasteiger charge is -2.13. The molecule has 0 bridgehead atoms. The zero-order valence-electron chi connectivity index (χ0n) is 18.5. The molecule has 7 heteroatoms. The maximum Gasteiger partial charge on any atom is 0.335 e. The van der Waals surface area contributed by atoms with Gasteiger partial charge in [0.2, 0.25) is 0 Å². The van der Waals surface area contributed by atoms with E-state index in [1.54, 1.807) is 42.5 Å². The minimum atomic E-state index is -0.983. The van der Waals surface area contributed by atoms with Crippen molar-refractivity contribution in [3.05, 3.63) is 77.4 Å². The van der Waals surface area contributed by atoms with E-state index in [2.05, 4.69) is 0 Å². The second-order valence-electron chi connectivity index (χ2n) is 7.34. The Morgan fingerprint density at radius 3 is 2.00 bits per heavy atom. The smallest absolute Gasteiger partial charge is 0.335 e. The molecule has 0 spiro atoms. The van der Waals surface area contributed by atoms with Crippen molar-refractivity contribution in [2.45, 2.75) is 26.7 Å². The second kappa shape index (κ2) is 11.0. The number of aromatic carboxylic acids is 1. The molecular weight excluding hydrogens is 424 g/mol. The molecule has 3 aromatic rings. The lowest BCUT2D eigenvalue weighted by molar-refractivity contribution is 0.0696. The van der Waals surface area contributed by atoms with Crippen LogP contribution in [-0.4, -0.2) is 35.2 Å². The SMILES string of the molecule is CCc1cc(C(C)=O)c(O)cc1OCCCOc1ccc(Oc2ccc(C(=O)O)cc2)cc1. The van der Waals surface area contributed by atoms with Gasteiger partial charge < -0.3 is 24.4 Å². The first kappa shape index (κ1) is 23.7. The molecule has 0 saturated heterocycles. The van der Waals surface area contributed by atoms with Gasteiger partial charge in [-0.15, -0.1) is 0 Å². The first-order valence-electron chi connectivity index (χ1n) is 10.6. The van der Waals surface area contributed by atoms with Gasteiger partial charge in [0.1, 0.15) is 28.7 Å². The van der Waals surface area contributed by atoms with Gasteiger partial charge in [-0.2, -0.15) is 0 Å². The molecule has 0 radical (unpaired) electrons. The van der Waals surface area contributed by atoms with Gasteiger partial charge >= 0.3 is 5.97 Å². The van der Waals surface area contributed by atoms with Gasteiger partial charge in [0.05, 0.1) is 24.3 Å². The van der Waals surface area contributed by atoms with E-state index in [0.717, 1.165) is 5.56 Å². The summed E-state index contributed by atoms with van der Waals surface area (Å²) >= 11 is 0. The van der Waals surface area contributed by atoms with E-state index in [9.17, 15) is 14.7 Å². The van der Waals surface area contributed by atoms with Crippen molar-refractivity contribution >= 4 is 11.8 Å². The number of aryl methyl sites for hydroxylation is 1. The third-order valence-electron chi connectivity index (χ3n) is 4.91. The molecule has 0 aromatic heterocycles. The minimum absolute atomic E-state index is 0.0777. The molecule has 0 fully saturated rings. The summed E-state index contributed by atoms with van der Waals surface area (Å²) in [5.74, 6) is 1.15. The predicted octanol–water partition coefficient (Wildman–Crippen LogP) is 5.50. The van der Waals surface area contributed by atoms with Gasteiger partial charge in [0.15, 0.2) is 5.78 Å². The fourth-order valence-corrected chi connectivity index (χ4v) is 3.14. The van der Waals surface area contributed by atoms with Gasteiger partial charge in [-0.05, 0) is 73.5 Å². The fourth-order valence-electron chi connectivity index (χ4n) is 3.14. The first-order valence-corrected chi connectivity index (χ1v) is 10.6. The van der Waals surface area contributed by atoms with Crippen LogP contribution in [0.15, 0.2) is 60.7 Å². The summed E-state index contributed by atoms with van der Waals surface area (Å²) in [6.07, 6.45) is 1.32. The van der Waals surface area contributed by atoms with E-state index >= 15 is 0 Å². The summed E-state index contributed by atoms with van der Waals surface area (Å²) in [5, 5.41) is 19.0. The number of rotatable bonds is 11. The predicted molar refractivity (Wildman–Crippen MR) is 123 cm³/mol. The van der Waals surface area contributed by atoms with E-state index in [4.69, 9.17) is 19.3 Å². The number of phenols is 1.